The predicted octanol–water partition coefficient (Wildman–Crippen LogP) is 4.59. The zero-order chi connectivity index (χ0) is 17.0. The van der Waals surface area contributed by atoms with Gasteiger partial charge in [0.05, 0.1) is 11.8 Å². The first-order chi connectivity index (χ1) is 10.9. The maximum atomic E-state index is 9.48. The first-order valence-corrected chi connectivity index (χ1v) is 7.58. The first-order valence-electron chi connectivity index (χ1n) is 7.58. The average molecular weight is 313 g/mol. The van der Waals surface area contributed by atoms with Gasteiger partial charge in [0.2, 0.25) is 0 Å². The molecule has 0 saturated carbocycles. The van der Waals surface area contributed by atoms with Crippen LogP contribution in [0.15, 0.2) is 43.0 Å². The summed E-state index contributed by atoms with van der Waals surface area (Å²) in [7, 11) is 0. The molecule has 3 N–H and O–H groups in total. The van der Waals surface area contributed by atoms with Crippen molar-refractivity contribution in [2.24, 2.45) is 0 Å². The zero-order valence-corrected chi connectivity index (χ0v) is 13.8. The molecule has 0 aromatic heterocycles. The molecule has 0 atom stereocenters. The molecule has 0 radical (unpaired) electrons. The van der Waals surface area contributed by atoms with Crippen LogP contribution in [0.3, 0.4) is 0 Å². The third-order valence-electron chi connectivity index (χ3n) is 3.21. The van der Waals surface area contributed by atoms with Crippen LogP contribution in [0.25, 0.3) is 0 Å². The third-order valence-corrected chi connectivity index (χ3v) is 3.21. The summed E-state index contributed by atoms with van der Waals surface area (Å²) < 4.78 is 11.9. The number of ether oxygens (including phenoxy) is 2. The Morgan fingerprint density at radius 3 is 2.57 bits per heavy atom. The molecule has 0 aliphatic rings. The Kier molecular flexibility index (Phi) is 5.16. The number of benzene rings is 2. The third kappa shape index (κ3) is 4.19. The molecular formula is C19H23NO3. The molecule has 0 saturated heterocycles. The fourth-order valence-corrected chi connectivity index (χ4v) is 2.32. The normalized spacial score (nSPS) is 10.6. The lowest BCUT2D eigenvalue weighted by Gasteiger charge is -2.19. The average Bonchev–Trinajstić information content (AvgIpc) is 2.44. The number of rotatable bonds is 6. The second-order valence-electron chi connectivity index (χ2n) is 5.73. The van der Waals surface area contributed by atoms with Crippen LogP contribution in [0.2, 0.25) is 0 Å². The number of aryl methyl sites for hydroxylation is 1. The summed E-state index contributed by atoms with van der Waals surface area (Å²) in [5.74, 6) is 1.88. The van der Waals surface area contributed by atoms with Gasteiger partial charge in [-0.25, -0.2) is 0 Å². The van der Waals surface area contributed by atoms with Crippen molar-refractivity contribution < 1.29 is 14.6 Å². The molecule has 0 heterocycles. The molecule has 0 aliphatic carbocycles. The number of phenolic OH excluding ortho intramolecular Hbond substituents is 1. The van der Waals surface area contributed by atoms with E-state index in [2.05, 4.69) is 6.58 Å². The van der Waals surface area contributed by atoms with Gasteiger partial charge in [0.15, 0.2) is 17.2 Å². The van der Waals surface area contributed by atoms with Gasteiger partial charge in [-0.1, -0.05) is 12.1 Å². The summed E-state index contributed by atoms with van der Waals surface area (Å²) >= 11 is 0. The van der Waals surface area contributed by atoms with Crippen LogP contribution in [0.5, 0.6) is 23.0 Å². The van der Waals surface area contributed by atoms with Gasteiger partial charge >= 0.3 is 0 Å². The lowest BCUT2D eigenvalue weighted by molar-refractivity contribution is 0.233. The van der Waals surface area contributed by atoms with Crippen LogP contribution < -0.4 is 15.2 Å². The van der Waals surface area contributed by atoms with Gasteiger partial charge in [-0.2, -0.15) is 0 Å². The molecule has 4 heteroatoms. The van der Waals surface area contributed by atoms with Gasteiger partial charge in [-0.3, -0.25) is 0 Å². The van der Waals surface area contributed by atoms with Gasteiger partial charge in [0.1, 0.15) is 5.75 Å². The molecular weight excluding hydrogens is 290 g/mol. The van der Waals surface area contributed by atoms with Crippen LogP contribution in [-0.4, -0.2) is 11.2 Å². The van der Waals surface area contributed by atoms with Crippen molar-refractivity contribution in [1.29, 1.82) is 0 Å². The van der Waals surface area contributed by atoms with E-state index >= 15 is 0 Å². The van der Waals surface area contributed by atoms with Crippen LogP contribution in [0.1, 0.15) is 25.0 Å². The maximum Gasteiger partial charge on any atom is 0.172 e. The van der Waals surface area contributed by atoms with Crippen molar-refractivity contribution in [3.8, 4) is 23.0 Å². The first kappa shape index (κ1) is 16.7. The van der Waals surface area contributed by atoms with Crippen molar-refractivity contribution in [3.05, 3.63) is 54.1 Å². The number of phenols is 1. The number of nitrogens with two attached hydrogens (primary N) is 1. The van der Waals surface area contributed by atoms with Crippen molar-refractivity contribution in [2.45, 2.75) is 33.3 Å². The summed E-state index contributed by atoms with van der Waals surface area (Å²) in [5.41, 5.74) is 8.36. The van der Waals surface area contributed by atoms with Crippen molar-refractivity contribution >= 4 is 5.69 Å². The van der Waals surface area contributed by atoms with Crippen LogP contribution in [0, 0.1) is 6.92 Å². The van der Waals surface area contributed by atoms with Gasteiger partial charge in [0, 0.05) is 11.6 Å². The summed E-state index contributed by atoms with van der Waals surface area (Å²) in [4.78, 5) is 0. The Labute approximate surface area is 137 Å². The number of aromatic hydroxyl groups is 1. The zero-order valence-electron chi connectivity index (χ0n) is 13.8. The van der Waals surface area contributed by atoms with Crippen LogP contribution in [0.4, 0.5) is 5.69 Å². The number of nitrogen functional groups attached to an aromatic ring is 1. The number of hydrogen-bond acceptors (Lipinski definition) is 4. The summed E-state index contributed by atoms with van der Waals surface area (Å²) in [6.45, 7) is 9.74. The molecule has 0 unspecified atom stereocenters. The highest BCUT2D eigenvalue weighted by atomic mass is 16.5. The van der Waals surface area contributed by atoms with Crippen molar-refractivity contribution in [3.63, 3.8) is 0 Å². The molecule has 0 spiro atoms. The minimum atomic E-state index is 0.0212. The summed E-state index contributed by atoms with van der Waals surface area (Å²) in [5, 5.41) is 9.48. The largest absolute Gasteiger partial charge is 0.508 e. The van der Waals surface area contributed by atoms with E-state index in [0.29, 0.717) is 29.4 Å². The minimum absolute atomic E-state index is 0.0212. The SMILES string of the molecule is C=CCc1cc(C)cc(OC(C)C)c1Oc1ccc(O)cc1N. The standard InChI is InChI=1S/C19H23NO3/c1-5-6-14-9-13(4)10-18(22-12(2)3)19(14)23-17-8-7-15(21)11-16(17)20/h5,7-12,21H,1,6,20H2,2-4H3. The van der Waals surface area contributed by atoms with Gasteiger partial charge < -0.3 is 20.3 Å². The second kappa shape index (κ2) is 7.09. The lowest BCUT2D eigenvalue weighted by Crippen LogP contribution is -2.08. The van der Waals surface area contributed by atoms with E-state index in [1.165, 1.54) is 12.1 Å². The van der Waals surface area contributed by atoms with Crippen LogP contribution >= 0.6 is 0 Å². The Morgan fingerprint density at radius 2 is 1.96 bits per heavy atom. The molecule has 2 aromatic carbocycles. The van der Waals surface area contributed by atoms with E-state index in [0.717, 1.165) is 11.1 Å². The van der Waals surface area contributed by atoms with Gasteiger partial charge in [-0.15, -0.1) is 6.58 Å². The van der Waals surface area contributed by atoms with E-state index in [4.69, 9.17) is 15.2 Å². The van der Waals surface area contributed by atoms with Crippen molar-refractivity contribution in [1.82, 2.24) is 0 Å². The topological polar surface area (TPSA) is 64.7 Å². The fourth-order valence-electron chi connectivity index (χ4n) is 2.32. The Hall–Kier alpha value is -2.62. The van der Waals surface area contributed by atoms with E-state index in [-0.39, 0.29) is 11.9 Å². The molecule has 2 aromatic rings. The Bertz CT molecular complexity index is 708. The second-order valence-corrected chi connectivity index (χ2v) is 5.73. The monoisotopic (exact) mass is 313 g/mol. The Balaban J connectivity index is 2.50. The quantitative estimate of drug-likeness (QED) is 0.604. The molecule has 0 amide bonds. The smallest absolute Gasteiger partial charge is 0.172 e. The fraction of sp³-hybridized carbons (Fsp3) is 0.263. The highest BCUT2D eigenvalue weighted by Gasteiger charge is 2.15. The summed E-state index contributed by atoms with van der Waals surface area (Å²) in [6.07, 6.45) is 2.50. The maximum absolute atomic E-state index is 9.48. The molecule has 4 nitrogen and oxygen atoms in total. The number of hydrogen-bond donors (Lipinski definition) is 2. The Morgan fingerprint density at radius 1 is 1.22 bits per heavy atom. The summed E-state index contributed by atoms with van der Waals surface area (Å²) in [6, 6.07) is 8.62. The molecule has 2 rings (SSSR count). The van der Waals surface area contributed by atoms with E-state index in [1.807, 2.05) is 39.0 Å². The molecule has 0 fully saturated rings. The minimum Gasteiger partial charge on any atom is -0.508 e. The molecule has 122 valence electrons. The number of anilines is 1. The molecule has 0 aliphatic heterocycles. The van der Waals surface area contributed by atoms with Crippen molar-refractivity contribution in [2.75, 3.05) is 5.73 Å². The van der Waals surface area contributed by atoms with E-state index in [9.17, 15) is 5.11 Å². The highest BCUT2D eigenvalue weighted by molar-refractivity contribution is 5.60. The van der Waals surface area contributed by atoms with Gasteiger partial charge in [-0.05, 0) is 51.0 Å². The van der Waals surface area contributed by atoms with Crippen LogP contribution in [-0.2, 0) is 6.42 Å². The lowest BCUT2D eigenvalue weighted by atomic mass is 10.1. The molecule has 23 heavy (non-hydrogen) atoms. The van der Waals surface area contributed by atoms with E-state index in [1.54, 1.807) is 6.07 Å². The number of allylic oxidation sites excluding steroid dienone is 1. The highest BCUT2D eigenvalue weighted by Crippen LogP contribution is 2.39. The van der Waals surface area contributed by atoms with Gasteiger partial charge in [0.25, 0.3) is 0 Å². The predicted molar refractivity (Wildman–Crippen MR) is 93.4 cm³/mol. The molecule has 0 bridgehead atoms. The van der Waals surface area contributed by atoms with E-state index < -0.39 is 0 Å².